The molecule has 1 aromatic rings. The molecule has 2 N–H and O–H groups in total. The van der Waals surface area contributed by atoms with E-state index in [-0.39, 0.29) is 29.3 Å². The molecule has 43 heavy (non-hydrogen) atoms. The number of fused-ring (bicyclic) bond motifs is 1. The van der Waals surface area contributed by atoms with Gasteiger partial charge in [0.2, 0.25) is 0 Å². The molecule has 3 rings (SSSR count). The molecule has 2 heterocycles. The first-order chi connectivity index (χ1) is 20.2. The minimum Gasteiger partial charge on any atom is -0.358 e. The lowest BCUT2D eigenvalue weighted by Gasteiger charge is -2.20. The summed E-state index contributed by atoms with van der Waals surface area (Å²) in [6, 6.07) is 0. The highest BCUT2D eigenvalue weighted by Gasteiger charge is 2.38. The molecule has 2 atom stereocenters. The molecule has 230 valence electrons. The lowest BCUT2D eigenvalue weighted by atomic mass is 9.86. The Morgan fingerprint density at radius 3 is 2.19 bits per heavy atom. The van der Waals surface area contributed by atoms with Crippen LogP contribution in [0.4, 0.5) is 0 Å². The molecule has 0 radical (unpaired) electrons. The Hall–Kier alpha value is -3.73. The van der Waals surface area contributed by atoms with Crippen LogP contribution in [0.1, 0.15) is 115 Å². The van der Waals surface area contributed by atoms with Crippen molar-refractivity contribution in [3.05, 3.63) is 98.1 Å². The number of ketones is 2. The van der Waals surface area contributed by atoms with Crippen LogP contribution in [-0.2, 0) is 16.0 Å². The number of hydrogen-bond donors (Lipinski definition) is 2. The minimum atomic E-state index is -0.248. The van der Waals surface area contributed by atoms with Crippen LogP contribution >= 0.6 is 0 Å². The Morgan fingerprint density at radius 2 is 1.65 bits per heavy atom. The third-order valence-electron chi connectivity index (χ3n) is 9.44. The summed E-state index contributed by atoms with van der Waals surface area (Å²) in [7, 11) is 0. The normalized spacial score (nSPS) is 20.6. The van der Waals surface area contributed by atoms with E-state index in [1.54, 1.807) is 13.0 Å². The number of Topliss-reactive ketones (excluding diaryl/α,β-unsaturated/α-hetero) is 2. The van der Waals surface area contributed by atoms with Crippen molar-refractivity contribution in [3.8, 4) is 0 Å². The van der Waals surface area contributed by atoms with Crippen LogP contribution in [0.3, 0.4) is 0 Å². The van der Waals surface area contributed by atoms with E-state index in [1.165, 1.54) is 11.1 Å². The number of nitrogens with one attached hydrogen (secondary N) is 2. The zero-order valence-corrected chi connectivity index (χ0v) is 28.0. The van der Waals surface area contributed by atoms with Crippen LogP contribution in [0.5, 0.6) is 0 Å². The van der Waals surface area contributed by atoms with Crippen molar-refractivity contribution in [2.24, 2.45) is 11.8 Å². The molecule has 0 bridgehead atoms. The van der Waals surface area contributed by atoms with E-state index in [2.05, 4.69) is 58.1 Å². The van der Waals surface area contributed by atoms with Gasteiger partial charge in [0.25, 0.3) is 5.91 Å². The van der Waals surface area contributed by atoms with E-state index >= 15 is 0 Å². The van der Waals surface area contributed by atoms with Crippen LogP contribution in [0, 0.1) is 18.8 Å². The van der Waals surface area contributed by atoms with Gasteiger partial charge >= 0.3 is 0 Å². The van der Waals surface area contributed by atoms with Crippen molar-refractivity contribution in [2.75, 3.05) is 0 Å². The van der Waals surface area contributed by atoms with Gasteiger partial charge in [-0.2, -0.15) is 0 Å². The number of carbonyl (C=O) groups excluding carboxylic acids is 3. The maximum absolute atomic E-state index is 13.7. The smallest absolute Gasteiger partial charge is 0.255 e. The Balaban J connectivity index is 2.11. The largest absolute Gasteiger partial charge is 0.358 e. The van der Waals surface area contributed by atoms with Gasteiger partial charge in [0, 0.05) is 28.4 Å². The maximum Gasteiger partial charge on any atom is 0.255 e. The second-order valence-electron chi connectivity index (χ2n) is 12.3. The molecule has 1 aromatic heterocycles. The monoisotopic (exact) mass is 582 g/mol. The lowest BCUT2D eigenvalue weighted by molar-refractivity contribution is -0.116. The highest BCUT2D eigenvalue weighted by Crippen LogP contribution is 2.44. The summed E-state index contributed by atoms with van der Waals surface area (Å²) < 4.78 is 0. The standard InChI is InChI=1S/C38H50N2O3/c1-13-16-30(23(7)28(12)41)21(5)19-33-26(10)35-36(39-33)34(27(11)37(35)42)25(9)31(17-14-2)22(6)20(4)18-32-24(8)29(15-3)38(43)40-32/h15,18,21,27,39H,3-4,13-14,16-17,19H2,1-2,5-12H3,(H,40,43)/b30-23-,31-22-,32-18-,34-25+. The van der Waals surface area contributed by atoms with Gasteiger partial charge in [-0.15, -0.1) is 0 Å². The molecule has 1 aliphatic carbocycles. The highest BCUT2D eigenvalue weighted by molar-refractivity contribution is 6.15. The predicted molar refractivity (Wildman–Crippen MR) is 179 cm³/mol. The Kier molecular flexibility index (Phi) is 10.8. The first-order valence-corrected chi connectivity index (χ1v) is 15.6. The number of carbonyl (C=O) groups is 3. The number of hydrogen-bond acceptors (Lipinski definition) is 3. The number of rotatable bonds is 12. The van der Waals surface area contributed by atoms with Crippen molar-refractivity contribution < 1.29 is 14.4 Å². The number of aromatic amines is 1. The third-order valence-corrected chi connectivity index (χ3v) is 9.44. The molecule has 2 aliphatic rings. The van der Waals surface area contributed by atoms with Crippen molar-refractivity contribution in [1.82, 2.24) is 10.3 Å². The molecule has 0 fully saturated rings. The summed E-state index contributed by atoms with van der Waals surface area (Å²) >= 11 is 0. The van der Waals surface area contributed by atoms with E-state index in [4.69, 9.17) is 0 Å². The third kappa shape index (κ3) is 6.46. The van der Waals surface area contributed by atoms with Crippen LogP contribution in [0.15, 0.2) is 75.6 Å². The first-order valence-electron chi connectivity index (χ1n) is 15.6. The van der Waals surface area contributed by atoms with Gasteiger partial charge in [0.1, 0.15) is 0 Å². The topological polar surface area (TPSA) is 79.0 Å². The van der Waals surface area contributed by atoms with E-state index in [0.29, 0.717) is 5.57 Å². The lowest BCUT2D eigenvalue weighted by Crippen LogP contribution is -2.16. The summed E-state index contributed by atoms with van der Waals surface area (Å²) in [5, 5.41) is 2.93. The second kappa shape index (κ2) is 13.7. The summed E-state index contributed by atoms with van der Waals surface area (Å²) in [6.45, 7) is 28.4. The van der Waals surface area contributed by atoms with Gasteiger partial charge < -0.3 is 10.3 Å². The quantitative estimate of drug-likeness (QED) is 0.191. The average molecular weight is 583 g/mol. The Labute approximate surface area is 258 Å². The summed E-state index contributed by atoms with van der Waals surface area (Å²) in [5.74, 6) is 0.0693. The zero-order valence-electron chi connectivity index (χ0n) is 28.0. The fourth-order valence-electron chi connectivity index (χ4n) is 6.70. The van der Waals surface area contributed by atoms with Crippen LogP contribution in [-0.4, -0.2) is 22.5 Å². The Bertz CT molecular complexity index is 1550. The number of H-pyrrole nitrogens is 1. The van der Waals surface area contributed by atoms with E-state index < -0.39 is 0 Å². The summed E-state index contributed by atoms with van der Waals surface area (Å²) in [4.78, 5) is 41.9. The zero-order chi connectivity index (χ0) is 32.3. The average Bonchev–Trinajstić information content (AvgIpc) is 3.51. The minimum absolute atomic E-state index is 0.122. The highest BCUT2D eigenvalue weighted by atomic mass is 16.2. The summed E-state index contributed by atoms with van der Waals surface area (Å²) in [5.41, 5.74) is 13.3. The maximum atomic E-state index is 13.7. The predicted octanol–water partition coefficient (Wildman–Crippen LogP) is 9.00. The van der Waals surface area contributed by atoms with Gasteiger partial charge in [0.15, 0.2) is 11.6 Å². The molecule has 5 nitrogen and oxygen atoms in total. The van der Waals surface area contributed by atoms with Gasteiger partial charge in [-0.1, -0.05) is 65.3 Å². The van der Waals surface area contributed by atoms with Crippen molar-refractivity contribution in [1.29, 1.82) is 0 Å². The van der Waals surface area contributed by atoms with Crippen LogP contribution < -0.4 is 5.32 Å². The van der Waals surface area contributed by atoms with Crippen molar-refractivity contribution in [2.45, 2.75) is 101 Å². The molecule has 1 amide bonds. The second-order valence-corrected chi connectivity index (χ2v) is 12.3. The summed E-state index contributed by atoms with van der Waals surface area (Å²) in [6.07, 6.45) is 7.94. The number of allylic oxidation sites excluding steroid dienone is 9. The molecule has 0 saturated carbocycles. The SMILES string of the molecule is C=CC1=C(C)/C(=C/C(=C)/C(C)=C(CCC)\C(C)=C2\c3[nH]c(CC(C)/C(CCC)=C(/C)C(C)=O)c(C)c3C(=O)C2C)NC1=O. The molecular weight excluding hydrogens is 532 g/mol. The fraction of sp³-hybridized carbons (Fsp3) is 0.447. The van der Waals surface area contributed by atoms with Gasteiger partial charge in [-0.05, 0) is 117 Å². The molecule has 1 aliphatic heterocycles. The first kappa shape index (κ1) is 33.8. The van der Waals surface area contributed by atoms with E-state index in [1.807, 2.05) is 33.8 Å². The van der Waals surface area contributed by atoms with Crippen molar-refractivity contribution in [3.63, 3.8) is 0 Å². The van der Waals surface area contributed by atoms with Gasteiger partial charge in [-0.3, -0.25) is 14.4 Å². The van der Waals surface area contributed by atoms with Gasteiger partial charge in [-0.25, -0.2) is 0 Å². The van der Waals surface area contributed by atoms with Crippen molar-refractivity contribution >= 4 is 23.0 Å². The molecule has 5 heteroatoms. The molecule has 0 saturated heterocycles. The van der Waals surface area contributed by atoms with E-state index in [0.717, 1.165) is 93.8 Å². The Morgan fingerprint density at radius 1 is 1.02 bits per heavy atom. The number of aromatic nitrogens is 1. The molecular formula is C38H50N2O3. The fourth-order valence-corrected chi connectivity index (χ4v) is 6.70. The molecule has 0 spiro atoms. The molecule has 2 unspecified atom stereocenters. The van der Waals surface area contributed by atoms with E-state index in [9.17, 15) is 14.4 Å². The van der Waals surface area contributed by atoms with Crippen LogP contribution in [0.2, 0.25) is 0 Å². The van der Waals surface area contributed by atoms with Crippen LogP contribution in [0.25, 0.3) is 5.57 Å². The molecule has 0 aromatic carbocycles. The number of amides is 1. The van der Waals surface area contributed by atoms with Gasteiger partial charge in [0.05, 0.1) is 5.69 Å².